The van der Waals surface area contributed by atoms with E-state index in [4.69, 9.17) is 0 Å². The van der Waals surface area contributed by atoms with Crippen molar-refractivity contribution < 1.29 is 0 Å². The Hall–Kier alpha value is -0.120. The molecular formula is C9H23N3. The normalized spacial score (nSPS) is 12.0. The van der Waals surface area contributed by atoms with Crippen molar-refractivity contribution in [3.05, 3.63) is 0 Å². The minimum Gasteiger partial charge on any atom is -0.287 e. The predicted molar refractivity (Wildman–Crippen MR) is 54.1 cm³/mol. The molecule has 0 aliphatic heterocycles. The molecule has 0 bridgehead atoms. The second-order valence-electron chi connectivity index (χ2n) is 2.85. The van der Waals surface area contributed by atoms with E-state index in [1.54, 1.807) is 0 Å². The van der Waals surface area contributed by atoms with E-state index in [0.717, 1.165) is 26.1 Å². The number of hydrogen-bond acceptors (Lipinski definition) is 3. The lowest BCUT2D eigenvalue weighted by Gasteiger charge is -2.35. The van der Waals surface area contributed by atoms with E-state index in [2.05, 4.69) is 43.6 Å². The molecule has 3 nitrogen and oxygen atoms in total. The lowest BCUT2D eigenvalue weighted by molar-refractivity contribution is 0.201. The fraction of sp³-hybridized carbons (Fsp3) is 1.00. The smallest absolute Gasteiger partial charge is 0.123 e. The average molecular weight is 173 g/mol. The van der Waals surface area contributed by atoms with Crippen molar-refractivity contribution in [1.82, 2.24) is 16.0 Å². The third-order valence-corrected chi connectivity index (χ3v) is 1.97. The van der Waals surface area contributed by atoms with Gasteiger partial charge in [-0.2, -0.15) is 0 Å². The van der Waals surface area contributed by atoms with Crippen LogP contribution in [0.5, 0.6) is 0 Å². The molecule has 0 radical (unpaired) electrons. The van der Waals surface area contributed by atoms with E-state index in [0.29, 0.717) is 0 Å². The molecule has 0 aliphatic rings. The summed E-state index contributed by atoms with van der Waals surface area (Å²) in [6, 6.07) is 0. The summed E-state index contributed by atoms with van der Waals surface area (Å²) < 4.78 is 0. The van der Waals surface area contributed by atoms with Crippen LogP contribution in [0.3, 0.4) is 0 Å². The Balaban J connectivity index is 4.06. The molecular weight excluding hydrogens is 150 g/mol. The van der Waals surface area contributed by atoms with Crippen molar-refractivity contribution in [1.29, 1.82) is 0 Å². The maximum Gasteiger partial charge on any atom is 0.123 e. The molecule has 0 aromatic rings. The molecule has 0 spiro atoms. The van der Waals surface area contributed by atoms with Gasteiger partial charge in [-0.1, -0.05) is 27.7 Å². The van der Waals surface area contributed by atoms with Crippen molar-refractivity contribution in [2.45, 2.75) is 39.9 Å². The van der Waals surface area contributed by atoms with Gasteiger partial charge in [0.2, 0.25) is 0 Å². The molecule has 0 heterocycles. The largest absolute Gasteiger partial charge is 0.287 e. The van der Waals surface area contributed by atoms with E-state index < -0.39 is 0 Å². The summed E-state index contributed by atoms with van der Waals surface area (Å²) in [5.74, 6) is -0.0573. The summed E-state index contributed by atoms with van der Waals surface area (Å²) in [5, 5.41) is 10.3. The Kier molecular flexibility index (Phi) is 6.34. The van der Waals surface area contributed by atoms with E-state index in [1.165, 1.54) is 0 Å². The molecule has 0 saturated carbocycles. The molecule has 0 rings (SSSR count). The Morgan fingerprint density at radius 3 is 1.25 bits per heavy atom. The molecule has 3 heteroatoms. The summed E-state index contributed by atoms with van der Waals surface area (Å²) in [6.45, 7) is 11.5. The molecule has 0 saturated heterocycles. The van der Waals surface area contributed by atoms with Gasteiger partial charge in [-0.15, -0.1) is 0 Å². The maximum atomic E-state index is 3.43. The van der Waals surface area contributed by atoms with Gasteiger partial charge in [0.15, 0.2) is 0 Å². The number of nitrogens with one attached hydrogen (secondary N) is 3. The van der Waals surface area contributed by atoms with Crippen LogP contribution in [-0.2, 0) is 0 Å². The van der Waals surface area contributed by atoms with Crippen LogP contribution >= 0.6 is 0 Å². The SMILES string of the molecule is CCNC(CC)(NCC)NCC. The van der Waals surface area contributed by atoms with Crippen LogP contribution in [0.1, 0.15) is 34.1 Å². The second kappa shape index (κ2) is 6.40. The van der Waals surface area contributed by atoms with E-state index in [-0.39, 0.29) is 5.79 Å². The highest BCUT2D eigenvalue weighted by Gasteiger charge is 2.23. The molecule has 12 heavy (non-hydrogen) atoms. The Bertz CT molecular complexity index is 86.9. The number of hydrogen-bond donors (Lipinski definition) is 3. The van der Waals surface area contributed by atoms with Crippen LogP contribution < -0.4 is 16.0 Å². The van der Waals surface area contributed by atoms with Gasteiger partial charge in [-0.3, -0.25) is 16.0 Å². The third kappa shape index (κ3) is 3.52. The van der Waals surface area contributed by atoms with E-state index in [9.17, 15) is 0 Å². The lowest BCUT2D eigenvalue weighted by atomic mass is 10.2. The van der Waals surface area contributed by atoms with Gasteiger partial charge in [-0.25, -0.2) is 0 Å². The maximum absolute atomic E-state index is 3.43. The first-order valence-corrected chi connectivity index (χ1v) is 4.99. The van der Waals surface area contributed by atoms with Crippen molar-refractivity contribution >= 4 is 0 Å². The van der Waals surface area contributed by atoms with Gasteiger partial charge in [0.1, 0.15) is 5.79 Å². The molecule has 0 amide bonds. The first-order valence-electron chi connectivity index (χ1n) is 4.99. The van der Waals surface area contributed by atoms with Gasteiger partial charge < -0.3 is 0 Å². The monoisotopic (exact) mass is 173 g/mol. The average Bonchev–Trinajstić information content (AvgIpc) is 2.06. The van der Waals surface area contributed by atoms with Crippen LogP contribution in [-0.4, -0.2) is 25.4 Å². The zero-order valence-corrected chi connectivity index (χ0v) is 8.83. The highest BCUT2D eigenvalue weighted by atomic mass is 15.3. The molecule has 0 aliphatic carbocycles. The first kappa shape index (κ1) is 11.9. The van der Waals surface area contributed by atoms with Gasteiger partial charge in [-0.05, 0) is 26.1 Å². The Morgan fingerprint density at radius 2 is 1.08 bits per heavy atom. The van der Waals surface area contributed by atoms with Crippen LogP contribution in [0.4, 0.5) is 0 Å². The van der Waals surface area contributed by atoms with Crippen LogP contribution in [0.25, 0.3) is 0 Å². The summed E-state index contributed by atoms with van der Waals surface area (Å²) in [4.78, 5) is 0. The summed E-state index contributed by atoms with van der Waals surface area (Å²) in [7, 11) is 0. The second-order valence-corrected chi connectivity index (χ2v) is 2.85. The van der Waals surface area contributed by atoms with Gasteiger partial charge in [0, 0.05) is 0 Å². The predicted octanol–water partition coefficient (Wildman–Crippen LogP) is 0.879. The van der Waals surface area contributed by atoms with Crippen molar-refractivity contribution in [2.24, 2.45) is 0 Å². The Morgan fingerprint density at radius 1 is 0.750 bits per heavy atom. The van der Waals surface area contributed by atoms with Crippen LogP contribution in [0, 0.1) is 0 Å². The zero-order valence-electron chi connectivity index (χ0n) is 8.83. The van der Waals surface area contributed by atoms with Crippen LogP contribution in [0.15, 0.2) is 0 Å². The summed E-state index contributed by atoms with van der Waals surface area (Å²) in [5.41, 5.74) is 0. The minimum atomic E-state index is -0.0573. The zero-order chi connectivity index (χ0) is 9.45. The minimum absolute atomic E-state index is 0.0573. The molecule has 0 atom stereocenters. The topological polar surface area (TPSA) is 36.1 Å². The summed E-state index contributed by atoms with van der Waals surface area (Å²) in [6.07, 6.45) is 1.04. The number of rotatable bonds is 7. The van der Waals surface area contributed by atoms with Crippen molar-refractivity contribution in [3.8, 4) is 0 Å². The van der Waals surface area contributed by atoms with Gasteiger partial charge >= 0.3 is 0 Å². The summed E-state index contributed by atoms with van der Waals surface area (Å²) >= 11 is 0. The van der Waals surface area contributed by atoms with Crippen LogP contribution in [0.2, 0.25) is 0 Å². The fourth-order valence-electron chi connectivity index (χ4n) is 1.47. The lowest BCUT2D eigenvalue weighted by Crippen LogP contribution is -2.65. The molecule has 0 aromatic carbocycles. The Labute approximate surface area is 76.3 Å². The van der Waals surface area contributed by atoms with Gasteiger partial charge in [0.05, 0.1) is 0 Å². The molecule has 74 valence electrons. The van der Waals surface area contributed by atoms with E-state index in [1.807, 2.05) is 0 Å². The molecule has 3 N–H and O–H groups in total. The van der Waals surface area contributed by atoms with Gasteiger partial charge in [0.25, 0.3) is 0 Å². The first-order chi connectivity index (χ1) is 5.74. The fourth-order valence-corrected chi connectivity index (χ4v) is 1.47. The standard InChI is InChI=1S/C9H23N3/c1-5-9(10-6-2,11-7-3)12-8-4/h10-12H,5-8H2,1-4H3. The molecule has 0 unspecified atom stereocenters. The van der Waals surface area contributed by atoms with E-state index >= 15 is 0 Å². The quantitative estimate of drug-likeness (QED) is 0.500. The van der Waals surface area contributed by atoms with Crippen molar-refractivity contribution in [2.75, 3.05) is 19.6 Å². The molecule has 0 fully saturated rings. The molecule has 0 aromatic heterocycles. The highest BCUT2D eigenvalue weighted by molar-refractivity contribution is 4.79. The van der Waals surface area contributed by atoms with Crippen molar-refractivity contribution in [3.63, 3.8) is 0 Å². The highest BCUT2D eigenvalue weighted by Crippen LogP contribution is 2.00. The third-order valence-electron chi connectivity index (χ3n) is 1.97.